The average Bonchev–Trinajstić information content (AvgIpc) is 3.38. The van der Waals surface area contributed by atoms with Crippen molar-refractivity contribution >= 4 is 5.91 Å². The lowest BCUT2D eigenvalue weighted by molar-refractivity contribution is 0.0922. The molecule has 4 aromatic rings. The number of ether oxygens (including phenoxy) is 2. The monoisotopic (exact) mass is 520 g/mol. The Bertz CT molecular complexity index is 1350. The number of nitrogens with one attached hydrogen (secondary N) is 1. The van der Waals surface area contributed by atoms with E-state index in [-0.39, 0.29) is 23.3 Å². The van der Waals surface area contributed by atoms with Gasteiger partial charge in [0.05, 0.1) is 20.8 Å². The van der Waals surface area contributed by atoms with Crippen molar-refractivity contribution < 1.29 is 27.5 Å². The summed E-state index contributed by atoms with van der Waals surface area (Å²) < 4.78 is 43.5. The summed E-state index contributed by atoms with van der Waals surface area (Å²) in [6, 6.07) is 21.7. The predicted octanol–water partition coefficient (Wildman–Crippen LogP) is 5.75. The molecule has 0 spiro atoms. The Morgan fingerprint density at radius 3 is 2.26 bits per heavy atom. The fourth-order valence-corrected chi connectivity index (χ4v) is 4.16. The van der Waals surface area contributed by atoms with Crippen LogP contribution in [-0.4, -0.2) is 31.6 Å². The SMILES string of the molecule is COc1ccc(CCNC(=O)c2ccc(CN(Cc3ccc(F)cc3)Cc3cccc(F)c3)o2)cc1OC. The third kappa shape index (κ3) is 7.43. The maximum absolute atomic E-state index is 13.8. The van der Waals surface area contributed by atoms with Crippen molar-refractivity contribution in [2.24, 2.45) is 0 Å². The number of rotatable bonds is 12. The molecule has 4 rings (SSSR count). The van der Waals surface area contributed by atoms with Crippen LogP contribution in [0.15, 0.2) is 83.3 Å². The summed E-state index contributed by atoms with van der Waals surface area (Å²) >= 11 is 0. The number of halogens is 2. The van der Waals surface area contributed by atoms with Gasteiger partial charge in [0.1, 0.15) is 17.4 Å². The molecule has 8 heteroatoms. The maximum Gasteiger partial charge on any atom is 0.287 e. The summed E-state index contributed by atoms with van der Waals surface area (Å²) in [5, 5.41) is 2.88. The van der Waals surface area contributed by atoms with Gasteiger partial charge in [-0.15, -0.1) is 0 Å². The van der Waals surface area contributed by atoms with Crippen LogP contribution in [-0.2, 0) is 26.1 Å². The number of methoxy groups -OCH3 is 2. The van der Waals surface area contributed by atoms with Gasteiger partial charge in [0.25, 0.3) is 5.91 Å². The van der Waals surface area contributed by atoms with Crippen LogP contribution in [0.4, 0.5) is 8.78 Å². The van der Waals surface area contributed by atoms with E-state index >= 15 is 0 Å². The second-order valence-electron chi connectivity index (χ2n) is 8.86. The van der Waals surface area contributed by atoms with Gasteiger partial charge in [0, 0.05) is 19.6 Å². The van der Waals surface area contributed by atoms with Gasteiger partial charge in [-0.3, -0.25) is 9.69 Å². The molecular formula is C30H30F2N2O4. The number of hydrogen-bond donors (Lipinski definition) is 1. The van der Waals surface area contributed by atoms with Crippen LogP contribution in [0.3, 0.4) is 0 Å². The van der Waals surface area contributed by atoms with E-state index in [2.05, 4.69) is 5.32 Å². The van der Waals surface area contributed by atoms with E-state index in [9.17, 15) is 13.6 Å². The van der Waals surface area contributed by atoms with Crippen LogP contribution >= 0.6 is 0 Å². The van der Waals surface area contributed by atoms with Crippen molar-refractivity contribution in [2.45, 2.75) is 26.1 Å². The Morgan fingerprint density at radius 2 is 1.53 bits per heavy atom. The van der Waals surface area contributed by atoms with Crippen molar-refractivity contribution in [3.63, 3.8) is 0 Å². The minimum atomic E-state index is -0.313. The molecule has 0 unspecified atom stereocenters. The first-order valence-corrected chi connectivity index (χ1v) is 12.2. The zero-order chi connectivity index (χ0) is 26.9. The molecule has 0 saturated heterocycles. The van der Waals surface area contributed by atoms with Crippen molar-refractivity contribution in [3.05, 3.63) is 119 Å². The normalized spacial score (nSPS) is 11.0. The Balaban J connectivity index is 1.37. The zero-order valence-corrected chi connectivity index (χ0v) is 21.4. The number of nitrogens with zero attached hydrogens (tertiary/aromatic N) is 1. The van der Waals surface area contributed by atoms with E-state index in [1.807, 2.05) is 29.2 Å². The van der Waals surface area contributed by atoms with E-state index in [0.717, 1.165) is 16.7 Å². The molecule has 6 nitrogen and oxygen atoms in total. The topological polar surface area (TPSA) is 63.9 Å². The first-order valence-electron chi connectivity index (χ1n) is 12.2. The van der Waals surface area contributed by atoms with Gasteiger partial charge in [0.15, 0.2) is 17.3 Å². The highest BCUT2D eigenvalue weighted by molar-refractivity contribution is 5.91. The molecule has 0 radical (unpaired) electrons. The first kappa shape index (κ1) is 26.9. The number of amides is 1. The molecule has 0 bridgehead atoms. The van der Waals surface area contributed by atoms with Crippen LogP contribution in [0, 0.1) is 11.6 Å². The molecule has 0 fully saturated rings. The van der Waals surface area contributed by atoms with Crippen molar-refractivity contribution in [3.8, 4) is 11.5 Å². The van der Waals surface area contributed by atoms with Crippen LogP contribution < -0.4 is 14.8 Å². The lowest BCUT2D eigenvalue weighted by Crippen LogP contribution is -2.25. The molecule has 1 amide bonds. The van der Waals surface area contributed by atoms with Gasteiger partial charge in [-0.2, -0.15) is 0 Å². The number of carbonyl (C=O) groups is 1. The van der Waals surface area contributed by atoms with Gasteiger partial charge in [0.2, 0.25) is 0 Å². The summed E-state index contributed by atoms with van der Waals surface area (Å²) in [6.07, 6.45) is 0.610. The molecule has 1 heterocycles. The Labute approximate surface area is 220 Å². The third-order valence-electron chi connectivity index (χ3n) is 6.03. The van der Waals surface area contributed by atoms with Gasteiger partial charge in [-0.25, -0.2) is 8.78 Å². The quantitative estimate of drug-likeness (QED) is 0.258. The Kier molecular flexibility index (Phi) is 9.11. The fraction of sp³-hybridized carbons (Fsp3) is 0.233. The Morgan fingerprint density at radius 1 is 0.789 bits per heavy atom. The second kappa shape index (κ2) is 12.9. The van der Waals surface area contributed by atoms with E-state index in [4.69, 9.17) is 13.9 Å². The first-order chi connectivity index (χ1) is 18.4. The van der Waals surface area contributed by atoms with Crippen LogP contribution in [0.1, 0.15) is 33.0 Å². The molecule has 3 aromatic carbocycles. The minimum Gasteiger partial charge on any atom is -0.493 e. The Hall–Kier alpha value is -4.17. The molecular weight excluding hydrogens is 490 g/mol. The van der Waals surface area contributed by atoms with Crippen molar-refractivity contribution in [1.29, 1.82) is 0 Å². The zero-order valence-electron chi connectivity index (χ0n) is 21.4. The molecule has 38 heavy (non-hydrogen) atoms. The maximum atomic E-state index is 13.8. The molecule has 0 saturated carbocycles. The average molecular weight is 521 g/mol. The summed E-state index contributed by atoms with van der Waals surface area (Å²) in [4.78, 5) is 14.7. The number of carbonyl (C=O) groups excluding carboxylic acids is 1. The lowest BCUT2D eigenvalue weighted by Gasteiger charge is -2.21. The highest BCUT2D eigenvalue weighted by Crippen LogP contribution is 2.27. The second-order valence-corrected chi connectivity index (χ2v) is 8.86. The van der Waals surface area contributed by atoms with Crippen LogP contribution in [0.25, 0.3) is 0 Å². The van der Waals surface area contributed by atoms with Gasteiger partial charge >= 0.3 is 0 Å². The highest BCUT2D eigenvalue weighted by Gasteiger charge is 2.15. The van der Waals surface area contributed by atoms with Gasteiger partial charge < -0.3 is 19.2 Å². The predicted molar refractivity (Wildman–Crippen MR) is 140 cm³/mol. The van der Waals surface area contributed by atoms with Crippen LogP contribution in [0.5, 0.6) is 11.5 Å². The van der Waals surface area contributed by atoms with Crippen molar-refractivity contribution in [2.75, 3.05) is 20.8 Å². The molecule has 0 aliphatic carbocycles. The van der Waals surface area contributed by atoms with E-state index in [0.29, 0.717) is 49.9 Å². The molecule has 0 aliphatic rings. The summed E-state index contributed by atoms with van der Waals surface area (Å²) in [7, 11) is 3.16. The fourth-order valence-electron chi connectivity index (χ4n) is 4.16. The standard InChI is InChI=1S/C30H30F2N2O4/c1-36-27-12-8-21(17-29(27)37-2)14-15-33-30(35)28-13-11-26(38-28)20-34(18-22-6-9-24(31)10-7-22)19-23-4-3-5-25(32)16-23/h3-13,16-17H,14-15,18-20H2,1-2H3,(H,33,35). The van der Waals surface area contributed by atoms with Crippen LogP contribution in [0.2, 0.25) is 0 Å². The van der Waals surface area contributed by atoms with Gasteiger partial charge in [-0.05, 0) is 71.6 Å². The molecule has 198 valence electrons. The largest absolute Gasteiger partial charge is 0.493 e. The van der Waals surface area contributed by atoms with E-state index in [1.165, 1.54) is 24.3 Å². The smallest absolute Gasteiger partial charge is 0.287 e. The summed E-state index contributed by atoms with van der Waals surface area (Å²) in [5.74, 6) is 1.15. The number of hydrogen-bond acceptors (Lipinski definition) is 5. The minimum absolute atomic E-state index is 0.208. The van der Waals surface area contributed by atoms with Crippen molar-refractivity contribution in [1.82, 2.24) is 10.2 Å². The van der Waals surface area contributed by atoms with E-state index in [1.54, 1.807) is 44.6 Å². The molecule has 1 aromatic heterocycles. The number of furan rings is 1. The number of benzene rings is 3. The third-order valence-corrected chi connectivity index (χ3v) is 6.03. The van der Waals surface area contributed by atoms with Gasteiger partial charge in [-0.1, -0.05) is 30.3 Å². The molecule has 0 aliphatic heterocycles. The highest BCUT2D eigenvalue weighted by atomic mass is 19.1. The lowest BCUT2D eigenvalue weighted by atomic mass is 10.1. The summed E-state index contributed by atoms with van der Waals surface area (Å²) in [6.45, 7) is 1.74. The van der Waals surface area contributed by atoms with E-state index < -0.39 is 0 Å². The molecule has 0 atom stereocenters. The molecule has 1 N–H and O–H groups in total. The summed E-state index contributed by atoms with van der Waals surface area (Å²) in [5.41, 5.74) is 2.70.